The molecule has 0 spiro atoms. The fourth-order valence-corrected chi connectivity index (χ4v) is 4.94. The minimum atomic E-state index is -0.910. The Bertz CT molecular complexity index is 791. The number of ether oxygens (including phenoxy) is 3. The van der Waals surface area contributed by atoms with Gasteiger partial charge in [0, 0.05) is 32.7 Å². The molecule has 0 aliphatic carbocycles. The van der Waals surface area contributed by atoms with E-state index < -0.39 is 17.8 Å². The summed E-state index contributed by atoms with van der Waals surface area (Å²) in [6, 6.07) is 5.97. The molecule has 0 aromatic heterocycles. The van der Waals surface area contributed by atoms with Gasteiger partial charge in [0.15, 0.2) is 11.5 Å². The molecule has 8 heteroatoms. The molecule has 4 heterocycles. The second kappa shape index (κ2) is 6.93. The number of amides is 1. The summed E-state index contributed by atoms with van der Waals surface area (Å²) in [5.41, 5.74) is 1.15. The average molecular weight is 388 g/mol. The third kappa shape index (κ3) is 3.00. The van der Waals surface area contributed by atoms with Crippen LogP contribution in [0.2, 0.25) is 0 Å². The standard InChI is InChI=1S/C20H24N2O6/c23-19(17-14-3-4-15(28-14)18(17)20(24)25)22-7-5-21(6-8-22)10-12-1-2-13-16(9-12)27-11-26-13/h1-2,9,14-15,17-18H,3-8,10-11H2,(H,24,25)/t14-,15-,17+,18-/m0/s1. The Labute approximate surface area is 162 Å². The van der Waals surface area contributed by atoms with Crippen LogP contribution in [0.1, 0.15) is 18.4 Å². The number of rotatable bonds is 4. The smallest absolute Gasteiger partial charge is 0.310 e. The Morgan fingerprint density at radius 2 is 1.71 bits per heavy atom. The molecule has 1 amide bonds. The Hall–Kier alpha value is -2.32. The summed E-state index contributed by atoms with van der Waals surface area (Å²) >= 11 is 0. The van der Waals surface area contributed by atoms with Crippen molar-refractivity contribution in [3.63, 3.8) is 0 Å². The summed E-state index contributed by atoms with van der Waals surface area (Å²) in [6.45, 7) is 3.81. The predicted octanol–water partition coefficient (Wildman–Crippen LogP) is 0.938. The van der Waals surface area contributed by atoms with E-state index in [-0.39, 0.29) is 24.9 Å². The largest absolute Gasteiger partial charge is 0.481 e. The maximum atomic E-state index is 13.0. The van der Waals surface area contributed by atoms with Crippen molar-refractivity contribution in [2.75, 3.05) is 33.0 Å². The number of nitrogens with zero attached hydrogens (tertiary/aromatic N) is 2. The first kappa shape index (κ1) is 17.8. The summed E-state index contributed by atoms with van der Waals surface area (Å²) in [5.74, 6) is -0.633. The van der Waals surface area contributed by atoms with Crippen molar-refractivity contribution in [2.24, 2.45) is 11.8 Å². The number of benzene rings is 1. The van der Waals surface area contributed by atoms with Crippen molar-refractivity contribution < 1.29 is 28.9 Å². The van der Waals surface area contributed by atoms with Crippen LogP contribution in [0.3, 0.4) is 0 Å². The minimum absolute atomic E-state index is 0.0534. The molecule has 0 unspecified atom stereocenters. The van der Waals surface area contributed by atoms with Crippen LogP contribution in [0.4, 0.5) is 0 Å². The number of aliphatic carboxylic acids is 1. The third-order valence-corrected chi connectivity index (χ3v) is 6.37. The Balaban J connectivity index is 1.19. The van der Waals surface area contributed by atoms with Gasteiger partial charge in [-0.25, -0.2) is 0 Å². The van der Waals surface area contributed by atoms with Crippen LogP contribution in [0.5, 0.6) is 11.5 Å². The number of carbonyl (C=O) groups excluding carboxylic acids is 1. The molecule has 3 fully saturated rings. The van der Waals surface area contributed by atoms with Crippen molar-refractivity contribution in [3.05, 3.63) is 23.8 Å². The molecule has 4 aliphatic heterocycles. The molecular weight excluding hydrogens is 364 g/mol. The van der Waals surface area contributed by atoms with E-state index in [4.69, 9.17) is 14.2 Å². The van der Waals surface area contributed by atoms with Gasteiger partial charge >= 0.3 is 5.97 Å². The zero-order valence-electron chi connectivity index (χ0n) is 15.6. The predicted molar refractivity (Wildman–Crippen MR) is 96.9 cm³/mol. The van der Waals surface area contributed by atoms with Gasteiger partial charge in [-0.3, -0.25) is 14.5 Å². The summed E-state index contributed by atoms with van der Waals surface area (Å²) in [7, 11) is 0. The lowest BCUT2D eigenvalue weighted by Gasteiger charge is -2.37. The van der Waals surface area contributed by atoms with Gasteiger partial charge in [0.1, 0.15) is 0 Å². The normalized spacial score (nSPS) is 31.4. The molecule has 8 nitrogen and oxygen atoms in total. The number of hydrogen-bond donors (Lipinski definition) is 1. The highest BCUT2D eigenvalue weighted by atomic mass is 16.7. The highest BCUT2D eigenvalue weighted by Crippen LogP contribution is 2.44. The lowest BCUT2D eigenvalue weighted by Crippen LogP contribution is -2.53. The summed E-state index contributed by atoms with van der Waals surface area (Å²) in [5, 5.41) is 9.55. The number of fused-ring (bicyclic) bond motifs is 3. The fourth-order valence-electron chi connectivity index (χ4n) is 4.94. The zero-order valence-corrected chi connectivity index (χ0v) is 15.6. The number of hydrogen-bond acceptors (Lipinski definition) is 6. The van der Waals surface area contributed by atoms with Crippen molar-refractivity contribution in [1.82, 2.24) is 9.80 Å². The van der Waals surface area contributed by atoms with Crippen LogP contribution in [0.15, 0.2) is 18.2 Å². The van der Waals surface area contributed by atoms with Gasteiger partial charge in [0.2, 0.25) is 12.7 Å². The Kier molecular flexibility index (Phi) is 4.40. The molecule has 28 heavy (non-hydrogen) atoms. The van der Waals surface area contributed by atoms with Crippen molar-refractivity contribution in [3.8, 4) is 11.5 Å². The van der Waals surface area contributed by atoms with Gasteiger partial charge in [-0.15, -0.1) is 0 Å². The maximum absolute atomic E-state index is 13.0. The van der Waals surface area contributed by atoms with Crippen LogP contribution < -0.4 is 9.47 Å². The molecule has 3 saturated heterocycles. The van der Waals surface area contributed by atoms with Gasteiger partial charge in [-0.2, -0.15) is 0 Å². The molecule has 1 aromatic carbocycles. The lowest BCUT2D eigenvalue weighted by atomic mass is 9.78. The van der Waals surface area contributed by atoms with E-state index in [2.05, 4.69) is 4.90 Å². The highest BCUT2D eigenvalue weighted by molar-refractivity contribution is 5.86. The van der Waals surface area contributed by atoms with Gasteiger partial charge in [-0.05, 0) is 30.5 Å². The summed E-state index contributed by atoms with van der Waals surface area (Å²) < 4.78 is 16.5. The SMILES string of the molecule is O=C(O)[C@@H]1[C@H](C(=O)N2CCN(Cc3ccc4c(c3)OCO4)CC2)[C@@H]2CC[C@@H]1O2. The molecule has 1 aromatic rings. The summed E-state index contributed by atoms with van der Waals surface area (Å²) in [6.07, 6.45) is 0.998. The Morgan fingerprint density at radius 3 is 2.46 bits per heavy atom. The van der Waals surface area contributed by atoms with Crippen LogP contribution in [0, 0.1) is 11.8 Å². The molecule has 4 aliphatic rings. The van der Waals surface area contributed by atoms with E-state index in [1.165, 1.54) is 0 Å². The molecule has 0 radical (unpaired) electrons. The molecule has 150 valence electrons. The van der Waals surface area contributed by atoms with Crippen LogP contribution >= 0.6 is 0 Å². The van der Waals surface area contributed by atoms with Crippen LogP contribution in [-0.4, -0.2) is 72.0 Å². The zero-order chi connectivity index (χ0) is 19.3. The number of piperazine rings is 1. The molecule has 1 N–H and O–H groups in total. The van der Waals surface area contributed by atoms with Gasteiger partial charge < -0.3 is 24.2 Å². The van der Waals surface area contributed by atoms with Crippen LogP contribution in [0.25, 0.3) is 0 Å². The van der Waals surface area contributed by atoms with Gasteiger partial charge in [0.25, 0.3) is 0 Å². The van der Waals surface area contributed by atoms with Crippen molar-refractivity contribution >= 4 is 11.9 Å². The van der Waals surface area contributed by atoms with E-state index >= 15 is 0 Å². The van der Waals surface area contributed by atoms with E-state index in [0.717, 1.165) is 49.5 Å². The molecule has 2 bridgehead atoms. The topological polar surface area (TPSA) is 88.5 Å². The molecule has 0 saturated carbocycles. The molecule has 4 atom stereocenters. The van der Waals surface area contributed by atoms with Crippen molar-refractivity contribution in [2.45, 2.75) is 31.6 Å². The quantitative estimate of drug-likeness (QED) is 0.821. The van der Waals surface area contributed by atoms with E-state index in [1.54, 1.807) is 0 Å². The van der Waals surface area contributed by atoms with Gasteiger partial charge in [0.05, 0.1) is 24.0 Å². The minimum Gasteiger partial charge on any atom is -0.481 e. The first-order valence-corrected chi connectivity index (χ1v) is 9.88. The first-order valence-electron chi connectivity index (χ1n) is 9.88. The van der Waals surface area contributed by atoms with Gasteiger partial charge in [-0.1, -0.05) is 6.07 Å². The van der Waals surface area contributed by atoms with Crippen LogP contribution in [-0.2, 0) is 20.9 Å². The monoisotopic (exact) mass is 388 g/mol. The van der Waals surface area contributed by atoms with Crippen molar-refractivity contribution in [1.29, 1.82) is 0 Å². The van der Waals surface area contributed by atoms with E-state index in [9.17, 15) is 14.7 Å². The van der Waals surface area contributed by atoms with E-state index in [0.29, 0.717) is 13.1 Å². The number of carboxylic acids is 1. The average Bonchev–Trinajstić information content (AvgIpc) is 3.43. The first-order chi connectivity index (χ1) is 13.6. The number of carboxylic acid groups (broad SMARTS) is 1. The summed E-state index contributed by atoms with van der Waals surface area (Å²) in [4.78, 5) is 28.8. The second-order valence-corrected chi connectivity index (χ2v) is 7.97. The second-order valence-electron chi connectivity index (χ2n) is 7.97. The maximum Gasteiger partial charge on any atom is 0.310 e. The van der Waals surface area contributed by atoms with E-state index in [1.807, 2.05) is 23.1 Å². The molecule has 5 rings (SSSR count). The molecular formula is C20H24N2O6. The Morgan fingerprint density at radius 1 is 1.00 bits per heavy atom. The number of carbonyl (C=O) groups is 2. The fraction of sp³-hybridized carbons (Fsp3) is 0.600. The third-order valence-electron chi connectivity index (χ3n) is 6.37. The lowest BCUT2D eigenvalue weighted by molar-refractivity contribution is -0.151. The highest BCUT2D eigenvalue weighted by Gasteiger charge is 2.56.